The van der Waals surface area contributed by atoms with E-state index in [1.54, 1.807) is 7.11 Å². The van der Waals surface area contributed by atoms with E-state index >= 15 is 0 Å². The van der Waals surface area contributed by atoms with Gasteiger partial charge in [-0.1, -0.05) is 59.5 Å². The van der Waals surface area contributed by atoms with Gasteiger partial charge in [0.1, 0.15) is 5.75 Å². The second kappa shape index (κ2) is 11.3. The zero-order chi connectivity index (χ0) is 17.0. The summed E-state index contributed by atoms with van der Waals surface area (Å²) in [5.41, 5.74) is 2.63. The van der Waals surface area contributed by atoms with Gasteiger partial charge in [0.25, 0.3) is 0 Å². The molecule has 0 aromatic heterocycles. The highest BCUT2D eigenvalue weighted by Gasteiger charge is 1.97. The number of methoxy groups -OCH3 is 1. The van der Waals surface area contributed by atoms with Crippen molar-refractivity contribution < 1.29 is 9.47 Å². The van der Waals surface area contributed by atoms with Gasteiger partial charge in [0.05, 0.1) is 13.7 Å². The molecule has 2 nitrogen and oxygen atoms in total. The number of unbranched alkanes of at least 4 members (excludes halogenated alkanes) is 4. The molecule has 3 heteroatoms. The maximum atomic E-state index is 5.74. The summed E-state index contributed by atoms with van der Waals surface area (Å²) in [6.45, 7) is 1.53. The molecular formula is C21H27BrO2. The van der Waals surface area contributed by atoms with Gasteiger partial charge in [0.15, 0.2) is 0 Å². The Bertz CT molecular complexity index is 563. The summed E-state index contributed by atoms with van der Waals surface area (Å²) in [6.07, 6.45) is 7.45. The van der Waals surface area contributed by atoms with Crippen LogP contribution in [0, 0.1) is 0 Å². The molecule has 2 aromatic rings. The van der Waals surface area contributed by atoms with Crippen molar-refractivity contribution in [1.29, 1.82) is 0 Å². The van der Waals surface area contributed by atoms with Gasteiger partial charge in [0.2, 0.25) is 0 Å². The summed E-state index contributed by atoms with van der Waals surface area (Å²) in [5, 5.41) is 0. The van der Waals surface area contributed by atoms with Crippen molar-refractivity contribution in [1.82, 2.24) is 0 Å². The van der Waals surface area contributed by atoms with Crippen LogP contribution in [0.3, 0.4) is 0 Å². The van der Waals surface area contributed by atoms with Gasteiger partial charge in [-0.3, -0.25) is 0 Å². The Balaban J connectivity index is 1.44. The molecule has 0 aliphatic heterocycles. The van der Waals surface area contributed by atoms with E-state index in [4.69, 9.17) is 9.47 Å². The molecule has 0 N–H and O–H groups in total. The summed E-state index contributed by atoms with van der Waals surface area (Å²) in [4.78, 5) is 0. The Morgan fingerprint density at radius 2 is 1.38 bits per heavy atom. The van der Waals surface area contributed by atoms with Crippen molar-refractivity contribution in [2.24, 2.45) is 0 Å². The van der Waals surface area contributed by atoms with Crippen LogP contribution in [0.5, 0.6) is 5.75 Å². The number of halogens is 1. The number of aryl methyl sites for hydroxylation is 1. The average molecular weight is 391 g/mol. The highest BCUT2D eigenvalue weighted by molar-refractivity contribution is 9.10. The van der Waals surface area contributed by atoms with Gasteiger partial charge in [-0.25, -0.2) is 0 Å². The lowest BCUT2D eigenvalue weighted by Crippen LogP contribution is -1.96. The summed E-state index contributed by atoms with van der Waals surface area (Å²) in [6, 6.07) is 16.7. The van der Waals surface area contributed by atoms with Gasteiger partial charge >= 0.3 is 0 Å². The van der Waals surface area contributed by atoms with E-state index in [0.29, 0.717) is 6.61 Å². The van der Waals surface area contributed by atoms with Crippen molar-refractivity contribution >= 4 is 15.9 Å². The number of ether oxygens (including phenoxy) is 2. The average Bonchev–Trinajstić information content (AvgIpc) is 2.62. The summed E-state index contributed by atoms with van der Waals surface area (Å²) in [5.74, 6) is 0.891. The SMILES string of the molecule is COc1ccc(COCCCCCCCc2ccc(Br)cc2)cc1. The third kappa shape index (κ3) is 7.50. The molecule has 0 spiro atoms. The minimum Gasteiger partial charge on any atom is -0.497 e. The maximum Gasteiger partial charge on any atom is 0.118 e. The van der Waals surface area contributed by atoms with Gasteiger partial charge in [-0.05, 0) is 54.7 Å². The van der Waals surface area contributed by atoms with E-state index in [1.165, 1.54) is 43.2 Å². The molecule has 0 bridgehead atoms. The zero-order valence-corrected chi connectivity index (χ0v) is 16.1. The lowest BCUT2D eigenvalue weighted by molar-refractivity contribution is 0.116. The van der Waals surface area contributed by atoms with Crippen LogP contribution >= 0.6 is 15.9 Å². The number of benzene rings is 2. The third-order valence-electron chi connectivity index (χ3n) is 4.10. The van der Waals surface area contributed by atoms with Gasteiger partial charge in [-0.2, -0.15) is 0 Å². The summed E-state index contributed by atoms with van der Waals surface area (Å²) < 4.78 is 12.0. The van der Waals surface area contributed by atoms with Crippen LogP contribution in [-0.2, 0) is 17.8 Å². The predicted octanol–water partition coefficient (Wildman–Crippen LogP) is 6.17. The van der Waals surface area contributed by atoms with Crippen molar-refractivity contribution in [3.8, 4) is 5.75 Å². The summed E-state index contributed by atoms with van der Waals surface area (Å²) in [7, 11) is 1.68. The van der Waals surface area contributed by atoms with Crippen LogP contribution in [-0.4, -0.2) is 13.7 Å². The molecule has 0 radical (unpaired) electrons. The number of hydrogen-bond donors (Lipinski definition) is 0. The normalized spacial score (nSPS) is 10.8. The molecule has 130 valence electrons. The quantitative estimate of drug-likeness (QED) is 0.427. The minimum absolute atomic E-state index is 0.688. The molecule has 0 heterocycles. The number of hydrogen-bond acceptors (Lipinski definition) is 2. The first-order chi connectivity index (χ1) is 11.8. The monoisotopic (exact) mass is 390 g/mol. The molecule has 0 fully saturated rings. The minimum atomic E-state index is 0.688. The maximum absolute atomic E-state index is 5.74. The Hall–Kier alpha value is -1.32. The van der Waals surface area contributed by atoms with E-state index in [0.717, 1.165) is 23.2 Å². The largest absolute Gasteiger partial charge is 0.497 e. The molecule has 2 aromatic carbocycles. The first kappa shape index (κ1) is 19.0. The zero-order valence-electron chi connectivity index (χ0n) is 14.5. The molecular weight excluding hydrogens is 364 g/mol. The van der Waals surface area contributed by atoms with Crippen molar-refractivity contribution in [2.75, 3.05) is 13.7 Å². The van der Waals surface area contributed by atoms with Crippen LogP contribution in [0.1, 0.15) is 43.2 Å². The first-order valence-corrected chi connectivity index (χ1v) is 9.52. The molecule has 0 saturated heterocycles. The smallest absolute Gasteiger partial charge is 0.118 e. The lowest BCUT2D eigenvalue weighted by Gasteiger charge is -2.06. The second-order valence-electron chi connectivity index (χ2n) is 6.04. The number of rotatable bonds is 11. The molecule has 0 aliphatic carbocycles. The van der Waals surface area contributed by atoms with Crippen LogP contribution in [0.15, 0.2) is 53.0 Å². The van der Waals surface area contributed by atoms with Crippen LogP contribution in [0.25, 0.3) is 0 Å². The van der Waals surface area contributed by atoms with Crippen LogP contribution < -0.4 is 4.74 Å². The Kier molecular flexibility index (Phi) is 8.93. The Labute approximate surface area is 154 Å². The molecule has 0 amide bonds. The highest BCUT2D eigenvalue weighted by Crippen LogP contribution is 2.14. The van der Waals surface area contributed by atoms with Crippen molar-refractivity contribution in [2.45, 2.75) is 45.1 Å². The molecule has 0 unspecified atom stereocenters. The van der Waals surface area contributed by atoms with E-state index < -0.39 is 0 Å². The topological polar surface area (TPSA) is 18.5 Å². The van der Waals surface area contributed by atoms with Crippen LogP contribution in [0.2, 0.25) is 0 Å². The van der Waals surface area contributed by atoms with Gasteiger partial charge in [0, 0.05) is 11.1 Å². The molecule has 24 heavy (non-hydrogen) atoms. The Morgan fingerprint density at radius 3 is 2.08 bits per heavy atom. The summed E-state index contributed by atoms with van der Waals surface area (Å²) >= 11 is 3.47. The highest BCUT2D eigenvalue weighted by atomic mass is 79.9. The Morgan fingerprint density at radius 1 is 0.750 bits per heavy atom. The lowest BCUT2D eigenvalue weighted by atomic mass is 10.1. The fourth-order valence-corrected chi connectivity index (χ4v) is 2.89. The predicted molar refractivity (Wildman–Crippen MR) is 104 cm³/mol. The van der Waals surface area contributed by atoms with E-state index in [-0.39, 0.29) is 0 Å². The molecule has 0 saturated carbocycles. The first-order valence-electron chi connectivity index (χ1n) is 8.73. The van der Waals surface area contributed by atoms with E-state index in [1.807, 2.05) is 12.1 Å². The second-order valence-corrected chi connectivity index (χ2v) is 6.96. The van der Waals surface area contributed by atoms with Gasteiger partial charge < -0.3 is 9.47 Å². The fourth-order valence-electron chi connectivity index (χ4n) is 2.63. The van der Waals surface area contributed by atoms with Gasteiger partial charge in [-0.15, -0.1) is 0 Å². The fraction of sp³-hybridized carbons (Fsp3) is 0.429. The van der Waals surface area contributed by atoms with Crippen LogP contribution in [0.4, 0.5) is 0 Å². The van der Waals surface area contributed by atoms with Crippen molar-refractivity contribution in [3.63, 3.8) is 0 Å². The van der Waals surface area contributed by atoms with E-state index in [2.05, 4.69) is 52.3 Å². The molecule has 0 aliphatic rings. The standard InChI is InChI=1S/C21H27BrO2/c1-23-21-14-10-19(11-15-21)17-24-16-6-4-2-3-5-7-18-8-12-20(22)13-9-18/h8-15H,2-7,16-17H2,1H3. The van der Waals surface area contributed by atoms with E-state index in [9.17, 15) is 0 Å². The molecule has 2 rings (SSSR count). The molecule has 0 atom stereocenters. The van der Waals surface area contributed by atoms with Crippen molar-refractivity contribution in [3.05, 3.63) is 64.1 Å². The third-order valence-corrected chi connectivity index (χ3v) is 4.62.